The van der Waals surface area contributed by atoms with Crippen LogP contribution in [0.25, 0.3) is 0 Å². The molecule has 1 aromatic carbocycles. The third kappa shape index (κ3) is 1.91. The molecular formula is C12H18N2O2. The molecule has 4 nitrogen and oxygen atoms in total. The standard InChI is InChI=1S/C12H18N2O2/c1-16-10-3-2-9-8-14(4-5-15)12(7-13)11(9)6-10/h2-3,6,12,15H,4-5,7-8,13H2,1H3. The minimum atomic E-state index is 0.168. The zero-order valence-corrected chi connectivity index (χ0v) is 9.52. The van der Waals surface area contributed by atoms with Gasteiger partial charge >= 0.3 is 0 Å². The summed E-state index contributed by atoms with van der Waals surface area (Å²) in [6.45, 7) is 2.27. The Morgan fingerprint density at radius 3 is 3.00 bits per heavy atom. The van der Waals surface area contributed by atoms with Gasteiger partial charge in [-0.3, -0.25) is 4.90 Å². The maximum atomic E-state index is 9.01. The summed E-state index contributed by atoms with van der Waals surface area (Å²) in [6.07, 6.45) is 0. The second kappa shape index (κ2) is 4.82. The number of β-amino-alcohol motifs (C(OH)–C–C–N with tert-alkyl or cyclic N) is 1. The monoisotopic (exact) mass is 222 g/mol. The zero-order chi connectivity index (χ0) is 11.5. The molecule has 0 saturated carbocycles. The lowest BCUT2D eigenvalue weighted by atomic mass is 10.0. The van der Waals surface area contributed by atoms with Crippen LogP contribution in [0.3, 0.4) is 0 Å². The summed E-state index contributed by atoms with van der Waals surface area (Å²) in [5.74, 6) is 0.864. The Hall–Kier alpha value is -1.10. The summed E-state index contributed by atoms with van der Waals surface area (Å²) in [6, 6.07) is 6.30. The third-order valence-corrected chi connectivity index (χ3v) is 3.14. The maximum absolute atomic E-state index is 9.01. The highest BCUT2D eigenvalue weighted by Crippen LogP contribution is 2.34. The molecule has 0 aromatic heterocycles. The number of rotatable bonds is 4. The minimum Gasteiger partial charge on any atom is -0.497 e. The van der Waals surface area contributed by atoms with E-state index in [0.29, 0.717) is 13.1 Å². The summed E-state index contributed by atoms with van der Waals surface area (Å²) in [5, 5.41) is 9.01. The molecule has 0 amide bonds. The van der Waals surface area contributed by atoms with Crippen LogP contribution in [-0.4, -0.2) is 36.8 Å². The lowest BCUT2D eigenvalue weighted by Gasteiger charge is -2.22. The normalized spacial score (nSPS) is 19.8. The van der Waals surface area contributed by atoms with Gasteiger partial charge < -0.3 is 15.6 Å². The number of ether oxygens (including phenoxy) is 1. The van der Waals surface area contributed by atoms with Crippen molar-refractivity contribution < 1.29 is 9.84 Å². The van der Waals surface area contributed by atoms with Crippen LogP contribution in [-0.2, 0) is 6.54 Å². The summed E-state index contributed by atoms with van der Waals surface area (Å²) in [7, 11) is 1.67. The molecule has 0 aliphatic carbocycles. The SMILES string of the molecule is COc1ccc2c(c1)C(CN)N(CCO)C2. The molecule has 16 heavy (non-hydrogen) atoms. The molecule has 1 atom stereocenters. The second-order valence-electron chi connectivity index (χ2n) is 4.01. The molecule has 1 unspecified atom stereocenters. The van der Waals surface area contributed by atoms with Gasteiger partial charge in [-0.25, -0.2) is 0 Å². The predicted molar refractivity (Wildman–Crippen MR) is 62.3 cm³/mol. The summed E-state index contributed by atoms with van der Waals surface area (Å²) in [4.78, 5) is 2.20. The highest BCUT2D eigenvalue weighted by atomic mass is 16.5. The van der Waals surface area contributed by atoms with Crippen molar-refractivity contribution in [2.45, 2.75) is 12.6 Å². The van der Waals surface area contributed by atoms with Crippen molar-refractivity contribution in [1.82, 2.24) is 4.90 Å². The molecule has 2 rings (SSSR count). The Labute approximate surface area is 95.6 Å². The maximum Gasteiger partial charge on any atom is 0.119 e. The van der Waals surface area contributed by atoms with Gasteiger partial charge in [0, 0.05) is 25.7 Å². The van der Waals surface area contributed by atoms with E-state index in [-0.39, 0.29) is 12.6 Å². The molecule has 0 saturated heterocycles. The molecular weight excluding hydrogens is 204 g/mol. The van der Waals surface area contributed by atoms with Gasteiger partial charge in [0.25, 0.3) is 0 Å². The van der Waals surface area contributed by atoms with Crippen molar-refractivity contribution in [1.29, 1.82) is 0 Å². The molecule has 1 aliphatic heterocycles. The third-order valence-electron chi connectivity index (χ3n) is 3.14. The first-order valence-corrected chi connectivity index (χ1v) is 5.52. The van der Waals surface area contributed by atoms with Crippen molar-refractivity contribution in [3.05, 3.63) is 29.3 Å². The van der Waals surface area contributed by atoms with Gasteiger partial charge in [-0.15, -0.1) is 0 Å². The average Bonchev–Trinajstić information content (AvgIpc) is 2.65. The molecule has 3 N–H and O–H groups in total. The Kier molecular flexibility index (Phi) is 3.43. The van der Waals surface area contributed by atoms with Crippen LogP contribution in [0, 0.1) is 0 Å². The molecule has 0 radical (unpaired) electrons. The van der Waals surface area contributed by atoms with Gasteiger partial charge in [0.15, 0.2) is 0 Å². The van der Waals surface area contributed by atoms with Gasteiger partial charge in [-0.05, 0) is 23.3 Å². The van der Waals surface area contributed by atoms with E-state index in [0.717, 1.165) is 12.3 Å². The first-order valence-electron chi connectivity index (χ1n) is 5.52. The highest BCUT2D eigenvalue weighted by Gasteiger charge is 2.28. The summed E-state index contributed by atoms with van der Waals surface area (Å²) < 4.78 is 5.22. The Morgan fingerprint density at radius 2 is 2.38 bits per heavy atom. The topological polar surface area (TPSA) is 58.7 Å². The molecule has 0 fully saturated rings. The van der Waals surface area contributed by atoms with Gasteiger partial charge in [-0.2, -0.15) is 0 Å². The number of hydrogen-bond donors (Lipinski definition) is 2. The molecule has 4 heteroatoms. The quantitative estimate of drug-likeness (QED) is 0.779. The second-order valence-corrected chi connectivity index (χ2v) is 4.01. The highest BCUT2D eigenvalue weighted by molar-refractivity contribution is 5.40. The van der Waals surface area contributed by atoms with E-state index in [1.165, 1.54) is 11.1 Å². The fourth-order valence-corrected chi connectivity index (χ4v) is 2.32. The average molecular weight is 222 g/mol. The van der Waals surface area contributed by atoms with Gasteiger partial charge in [-0.1, -0.05) is 6.07 Å². The number of hydrogen-bond acceptors (Lipinski definition) is 4. The fraction of sp³-hybridized carbons (Fsp3) is 0.500. The van der Waals surface area contributed by atoms with Crippen LogP contribution in [0.15, 0.2) is 18.2 Å². The molecule has 0 bridgehead atoms. The van der Waals surface area contributed by atoms with Crippen LogP contribution in [0.5, 0.6) is 5.75 Å². The van der Waals surface area contributed by atoms with Crippen molar-refractivity contribution in [2.24, 2.45) is 5.73 Å². The predicted octanol–water partition coefficient (Wildman–Crippen LogP) is 0.503. The number of fused-ring (bicyclic) bond motifs is 1. The molecule has 0 spiro atoms. The van der Waals surface area contributed by atoms with Crippen molar-refractivity contribution in [3.63, 3.8) is 0 Å². The molecule has 88 valence electrons. The van der Waals surface area contributed by atoms with E-state index in [4.69, 9.17) is 15.6 Å². The summed E-state index contributed by atoms with van der Waals surface area (Å²) >= 11 is 0. The van der Waals surface area contributed by atoms with E-state index in [9.17, 15) is 0 Å². The van der Waals surface area contributed by atoms with Gasteiger partial charge in [0.2, 0.25) is 0 Å². The van der Waals surface area contributed by atoms with Gasteiger partial charge in [0.05, 0.1) is 13.7 Å². The van der Waals surface area contributed by atoms with Crippen molar-refractivity contribution in [3.8, 4) is 5.75 Å². The Balaban J connectivity index is 2.28. The molecule has 1 aliphatic rings. The molecule has 1 aromatic rings. The van der Waals surface area contributed by atoms with Crippen LogP contribution >= 0.6 is 0 Å². The Morgan fingerprint density at radius 1 is 1.56 bits per heavy atom. The van der Waals surface area contributed by atoms with Crippen LogP contribution in [0.1, 0.15) is 17.2 Å². The number of benzene rings is 1. The van der Waals surface area contributed by atoms with E-state index < -0.39 is 0 Å². The number of nitrogens with two attached hydrogens (primary N) is 1. The lowest BCUT2D eigenvalue weighted by Crippen LogP contribution is -2.30. The largest absolute Gasteiger partial charge is 0.497 e. The van der Waals surface area contributed by atoms with E-state index in [2.05, 4.69) is 11.0 Å². The first kappa shape index (κ1) is 11.4. The van der Waals surface area contributed by atoms with Crippen molar-refractivity contribution >= 4 is 0 Å². The smallest absolute Gasteiger partial charge is 0.119 e. The van der Waals surface area contributed by atoms with E-state index in [1.807, 2.05) is 12.1 Å². The van der Waals surface area contributed by atoms with Crippen LogP contribution in [0.2, 0.25) is 0 Å². The van der Waals surface area contributed by atoms with Crippen molar-refractivity contribution in [2.75, 3.05) is 26.8 Å². The number of nitrogens with zero attached hydrogens (tertiary/aromatic N) is 1. The minimum absolute atomic E-state index is 0.168. The number of aliphatic hydroxyl groups is 1. The fourth-order valence-electron chi connectivity index (χ4n) is 2.32. The Bertz CT molecular complexity index is 368. The summed E-state index contributed by atoms with van der Waals surface area (Å²) in [5.41, 5.74) is 8.31. The first-order chi connectivity index (χ1) is 7.80. The van der Waals surface area contributed by atoms with Crippen LogP contribution < -0.4 is 10.5 Å². The number of aliphatic hydroxyl groups excluding tert-OH is 1. The lowest BCUT2D eigenvalue weighted by molar-refractivity contribution is 0.164. The van der Waals surface area contributed by atoms with E-state index >= 15 is 0 Å². The zero-order valence-electron chi connectivity index (χ0n) is 9.52. The van der Waals surface area contributed by atoms with Gasteiger partial charge in [0.1, 0.15) is 5.75 Å². The molecule has 1 heterocycles. The van der Waals surface area contributed by atoms with E-state index in [1.54, 1.807) is 7.11 Å². The van der Waals surface area contributed by atoms with Crippen LogP contribution in [0.4, 0.5) is 0 Å². The number of methoxy groups -OCH3 is 1.